The molecule has 0 heterocycles. The standard InChI is InChI=1S/C17H22N2O5/c1-3-24-17(21)13-8-12(9-15(10-13)19(22)23)16(20)18-14-6-4-11(2)5-7-14/h8-11,14H,3-7H2,1-2H3,(H,18,20). The lowest BCUT2D eigenvalue weighted by Crippen LogP contribution is -2.37. The van der Waals surface area contributed by atoms with E-state index in [-0.39, 0.29) is 29.5 Å². The maximum Gasteiger partial charge on any atom is 0.338 e. The SMILES string of the molecule is CCOC(=O)c1cc(C(=O)NC2CCC(C)CC2)cc([N+](=O)[O-])c1. The molecule has 1 aromatic carbocycles. The predicted octanol–water partition coefficient (Wildman–Crippen LogP) is 3.08. The van der Waals surface area contributed by atoms with Crippen LogP contribution >= 0.6 is 0 Å². The number of benzene rings is 1. The summed E-state index contributed by atoms with van der Waals surface area (Å²) in [6, 6.07) is 3.71. The van der Waals surface area contributed by atoms with Gasteiger partial charge in [0.1, 0.15) is 0 Å². The van der Waals surface area contributed by atoms with Gasteiger partial charge >= 0.3 is 5.97 Å². The minimum absolute atomic E-state index is 0.00784. The molecule has 0 spiro atoms. The molecule has 24 heavy (non-hydrogen) atoms. The fourth-order valence-corrected chi connectivity index (χ4v) is 2.85. The van der Waals surface area contributed by atoms with Crippen LogP contribution in [-0.4, -0.2) is 29.4 Å². The lowest BCUT2D eigenvalue weighted by atomic mass is 9.87. The molecule has 0 unspecified atom stereocenters. The molecule has 1 N–H and O–H groups in total. The quantitative estimate of drug-likeness (QED) is 0.507. The van der Waals surface area contributed by atoms with Crippen molar-refractivity contribution in [1.29, 1.82) is 0 Å². The molecule has 1 aromatic rings. The second-order valence-corrected chi connectivity index (χ2v) is 6.18. The summed E-state index contributed by atoms with van der Waals surface area (Å²) in [6.07, 6.45) is 3.89. The number of nitrogens with one attached hydrogen (secondary N) is 1. The number of non-ortho nitro benzene ring substituents is 1. The normalized spacial score (nSPS) is 20.2. The van der Waals surface area contributed by atoms with Crippen LogP contribution in [0.25, 0.3) is 0 Å². The number of hydrogen-bond donors (Lipinski definition) is 1. The Kier molecular flexibility index (Phi) is 5.89. The van der Waals surface area contributed by atoms with E-state index in [0.717, 1.165) is 31.7 Å². The smallest absolute Gasteiger partial charge is 0.338 e. The molecule has 0 aromatic heterocycles. The summed E-state index contributed by atoms with van der Waals surface area (Å²) in [5, 5.41) is 14.0. The van der Waals surface area contributed by atoms with Crippen molar-refractivity contribution in [2.75, 3.05) is 6.61 Å². The maximum atomic E-state index is 12.4. The summed E-state index contributed by atoms with van der Waals surface area (Å²) in [7, 11) is 0. The minimum Gasteiger partial charge on any atom is -0.462 e. The van der Waals surface area contributed by atoms with Crippen molar-refractivity contribution in [2.45, 2.75) is 45.6 Å². The number of hydrogen-bond acceptors (Lipinski definition) is 5. The Balaban J connectivity index is 2.19. The van der Waals surface area contributed by atoms with E-state index in [1.807, 2.05) is 0 Å². The Bertz CT molecular complexity index is 636. The van der Waals surface area contributed by atoms with Gasteiger partial charge < -0.3 is 10.1 Å². The number of esters is 1. The van der Waals surface area contributed by atoms with Gasteiger partial charge in [0, 0.05) is 23.7 Å². The van der Waals surface area contributed by atoms with Gasteiger partial charge in [-0.1, -0.05) is 6.92 Å². The van der Waals surface area contributed by atoms with E-state index in [4.69, 9.17) is 4.74 Å². The van der Waals surface area contributed by atoms with E-state index in [2.05, 4.69) is 12.2 Å². The highest BCUT2D eigenvalue weighted by molar-refractivity contribution is 5.99. The number of carbonyl (C=O) groups excluding carboxylic acids is 2. The van der Waals surface area contributed by atoms with Crippen LogP contribution in [0, 0.1) is 16.0 Å². The third-order valence-corrected chi connectivity index (χ3v) is 4.25. The molecule has 7 heteroatoms. The Morgan fingerprint density at radius 3 is 2.42 bits per heavy atom. The largest absolute Gasteiger partial charge is 0.462 e. The summed E-state index contributed by atoms with van der Waals surface area (Å²) in [5.74, 6) is -0.420. The van der Waals surface area contributed by atoms with Crippen LogP contribution in [0.3, 0.4) is 0 Å². The lowest BCUT2D eigenvalue weighted by molar-refractivity contribution is -0.384. The molecule has 0 bridgehead atoms. The zero-order valence-corrected chi connectivity index (χ0v) is 13.9. The van der Waals surface area contributed by atoms with Gasteiger partial charge in [0.2, 0.25) is 0 Å². The van der Waals surface area contributed by atoms with Crippen molar-refractivity contribution in [1.82, 2.24) is 5.32 Å². The van der Waals surface area contributed by atoms with Gasteiger partial charge in [0.05, 0.1) is 17.1 Å². The number of rotatable bonds is 5. The van der Waals surface area contributed by atoms with Crippen molar-refractivity contribution in [3.05, 3.63) is 39.4 Å². The van der Waals surface area contributed by atoms with E-state index in [1.165, 1.54) is 12.1 Å². The number of nitro benzene ring substituents is 1. The van der Waals surface area contributed by atoms with Crippen molar-refractivity contribution in [3.8, 4) is 0 Å². The third-order valence-electron chi connectivity index (χ3n) is 4.25. The van der Waals surface area contributed by atoms with Crippen LogP contribution in [0.1, 0.15) is 60.2 Å². The highest BCUT2D eigenvalue weighted by atomic mass is 16.6. The van der Waals surface area contributed by atoms with Crippen molar-refractivity contribution < 1.29 is 19.2 Å². The van der Waals surface area contributed by atoms with Crippen LogP contribution in [0.4, 0.5) is 5.69 Å². The first-order valence-corrected chi connectivity index (χ1v) is 8.18. The second kappa shape index (κ2) is 7.90. The average Bonchev–Trinajstić information content (AvgIpc) is 2.56. The van der Waals surface area contributed by atoms with E-state index >= 15 is 0 Å². The van der Waals surface area contributed by atoms with Crippen LogP contribution in [0.15, 0.2) is 18.2 Å². The van der Waals surface area contributed by atoms with Crippen LogP contribution in [0.2, 0.25) is 0 Å². The molecule has 1 amide bonds. The third kappa shape index (κ3) is 4.53. The van der Waals surface area contributed by atoms with Gasteiger partial charge in [-0.05, 0) is 44.6 Å². The zero-order chi connectivity index (χ0) is 17.7. The molecular formula is C17H22N2O5. The number of amides is 1. The molecule has 0 radical (unpaired) electrons. The number of carbonyl (C=O) groups is 2. The van der Waals surface area contributed by atoms with Gasteiger partial charge in [-0.3, -0.25) is 14.9 Å². The van der Waals surface area contributed by atoms with Gasteiger partial charge in [-0.2, -0.15) is 0 Å². The molecule has 1 aliphatic carbocycles. The van der Waals surface area contributed by atoms with Gasteiger partial charge in [-0.15, -0.1) is 0 Å². The zero-order valence-electron chi connectivity index (χ0n) is 13.9. The molecule has 2 rings (SSSR count). The van der Waals surface area contributed by atoms with E-state index in [9.17, 15) is 19.7 Å². The molecule has 130 valence electrons. The molecule has 1 saturated carbocycles. The maximum absolute atomic E-state index is 12.4. The van der Waals surface area contributed by atoms with Crippen molar-refractivity contribution in [2.24, 2.45) is 5.92 Å². The van der Waals surface area contributed by atoms with Crippen LogP contribution < -0.4 is 5.32 Å². The molecular weight excluding hydrogens is 312 g/mol. The summed E-state index contributed by atoms with van der Waals surface area (Å²) in [5.41, 5.74) is -0.192. The Labute approximate surface area is 140 Å². The van der Waals surface area contributed by atoms with Gasteiger partial charge in [0.15, 0.2) is 0 Å². The first-order valence-electron chi connectivity index (χ1n) is 8.18. The fourth-order valence-electron chi connectivity index (χ4n) is 2.85. The Morgan fingerprint density at radius 1 is 1.21 bits per heavy atom. The Morgan fingerprint density at radius 2 is 1.83 bits per heavy atom. The first kappa shape index (κ1) is 17.9. The molecule has 1 fully saturated rings. The highest BCUT2D eigenvalue weighted by Gasteiger charge is 2.23. The molecule has 0 aliphatic heterocycles. The van der Waals surface area contributed by atoms with Crippen molar-refractivity contribution in [3.63, 3.8) is 0 Å². The van der Waals surface area contributed by atoms with Gasteiger partial charge in [-0.25, -0.2) is 4.79 Å². The van der Waals surface area contributed by atoms with Crippen LogP contribution in [-0.2, 0) is 4.74 Å². The van der Waals surface area contributed by atoms with E-state index < -0.39 is 16.8 Å². The van der Waals surface area contributed by atoms with E-state index in [0.29, 0.717) is 5.92 Å². The number of nitrogens with zero attached hydrogens (tertiary/aromatic N) is 1. The summed E-state index contributed by atoms with van der Waals surface area (Å²) in [4.78, 5) is 34.7. The monoisotopic (exact) mass is 334 g/mol. The molecule has 0 atom stereocenters. The van der Waals surface area contributed by atoms with Gasteiger partial charge in [0.25, 0.3) is 11.6 Å². The topological polar surface area (TPSA) is 98.5 Å². The highest BCUT2D eigenvalue weighted by Crippen LogP contribution is 2.24. The summed E-state index contributed by atoms with van der Waals surface area (Å²) in [6.45, 7) is 3.99. The number of nitro groups is 1. The molecule has 0 saturated heterocycles. The summed E-state index contributed by atoms with van der Waals surface area (Å²) >= 11 is 0. The van der Waals surface area contributed by atoms with Crippen LogP contribution in [0.5, 0.6) is 0 Å². The minimum atomic E-state index is -0.679. The number of ether oxygens (including phenoxy) is 1. The van der Waals surface area contributed by atoms with E-state index in [1.54, 1.807) is 6.92 Å². The average molecular weight is 334 g/mol. The first-order chi connectivity index (χ1) is 11.4. The molecule has 1 aliphatic rings. The summed E-state index contributed by atoms with van der Waals surface area (Å²) < 4.78 is 4.87. The second-order valence-electron chi connectivity index (χ2n) is 6.18. The lowest BCUT2D eigenvalue weighted by Gasteiger charge is -2.26. The molecule has 7 nitrogen and oxygen atoms in total. The Hall–Kier alpha value is -2.44. The van der Waals surface area contributed by atoms with Crippen molar-refractivity contribution >= 4 is 17.6 Å². The predicted molar refractivity (Wildman–Crippen MR) is 87.9 cm³/mol. The fraction of sp³-hybridized carbons (Fsp3) is 0.529.